The van der Waals surface area contributed by atoms with Gasteiger partial charge in [-0.3, -0.25) is 9.59 Å². The van der Waals surface area contributed by atoms with E-state index in [1.807, 2.05) is 52.9 Å². The smallest absolute Gasteiger partial charge is 0.303 e. The van der Waals surface area contributed by atoms with Crippen LogP contribution in [0.1, 0.15) is 111 Å². The number of Topliss-reactive ketones (excluding diaryl/α,β-unsaturated/α-hetero) is 1. The van der Waals surface area contributed by atoms with E-state index in [0.29, 0.717) is 12.8 Å². The van der Waals surface area contributed by atoms with Crippen molar-refractivity contribution < 1.29 is 24.2 Å². The lowest BCUT2D eigenvalue weighted by molar-refractivity contribution is -0.139. The minimum atomic E-state index is -2.16. The Labute approximate surface area is 261 Å². The van der Waals surface area contributed by atoms with Gasteiger partial charge in [-0.25, -0.2) is 4.98 Å². The predicted molar refractivity (Wildman–Crippen MR) is 179 cm³/mol. The number of hydrogen-bond donors (Lipinski definition) is 2. The van der Waals surface area contributed by atoms with Gasteiger partial charge in [-0.05, 0) is 87.7 Å². The Kier molecular flexibility index (Phi) is 12.6. The molecule has 1 heterocycles. The van der Waals surface area contributed by atoms with Crippen LogP contribution < -0.4 is 0 Å². The minimum Gasteiger partial charge on any atom is -0.481 e. The molecule has 43 heavy (non-hydrogen) atoms. The van der Waals surface area contributed by atoms with E-state index >= 15 is 0 Å². The molecule has 2 aromatic rings. The van der Waals surface area contributed by atoms with Gasteiger partial charge >= 0.3 is 5.97 Å². The Morgan fingerprint density at radius 2 is 1.74 bits per heavy atom. The molecule has 0 aliphatic rings. The first-order chi connectivity index (χ1) is 19.7. The third kappa shape index (κ3) is 9.85. The van der Waals surface area contributed by atoms with Crippen LogP contribution in [0.2, 0.25) is 18.1 Å². The van der Waals surface area contributed by atoms with Crippen molar-refractivity contribution in [2.45, 2.75) is 131 Å². The largest absolute Gasteiger partial charge is 0.481 e. The Hall–Kier alpha value is -2.29. The molecule has 0 fully saturated rings. The zero-order valence-electron chi connectivity index (χ0n) is 28.9. The number of rotatable bonds is 16. The fourth-order valence-corrected chi connectivity index (χ4v) is 6.97. The second-order valence-electron chi connectivity index (χ2n) is 14.9. The molecule has 0 saturated heterocycles. The van der Waals surface area contributed by atoms with E-state index in [1.165, 1.54) is 5.57 Å². The van der Waals surface area contributed by atoms with Crippen molar-refractivity contribution in [3.63, 3.8) is 0 Å². The number of fused-ring (bicyclic) bond motifs is 1. The van der Waals surface area contributed by atoms with E-state index in [0.717, 1.165) is 41.7 Å². The second kappa shape index (κ2) is 14.7. The molecule has 0 unspecified atom stereocenters. The Morgan fingerprint density at radius 1 is 1.12 bits per heavy atom. The summed E-state index contributed by atoms with van der Waals surface area (Å²) in [6.07, 6.45) is 4.94. The maximum absolute atomic E-state index is 13.7. The number of aryl methyl sites for hydroxylation is 2. The van der Waals surface area contributed by atoms with E-state index in [2.05, 4.69) is 63.3 Å². The Bertz CT molecular complexity index is 1290. The molecule has 0 spiro atoms. The summed E-state index contributed by atoms with van der Waals surface area (Å²) in [7, 11) is -0.167. The van der Waals surface area contributed by atoms with Crippen LogP contribution >= 0.6 is 0 Å². The number of aliphatic hydroxyl groups excluding tert-OH is 1. The van der Waals surface area contributed by atoms with Gasteiger partial charge in [0.2, 0.25) is 0 Å². The van der Waals surface area contributed by atoms with Crippen molar-refractivity contribution in [1.82, 2.24) is 9.55 Å². The quantitative estimate of drug-likeness (QED) is 0.145. The lowest BCUT2D eigenvalue weighted by atomic mass is 9.74. The number of allylic oxidation sites excluding steroid dienone is 1. The van der Waals surface area contributed by atoms with Crippen LogP contribution in [0.4, 0.5) is 0 Å². The number of imidazole rings is 1. The molecule has 242 valence electrons. The maximum atomic E-state index is 13.7. The molecule has 8 heteroatoms. The number of nitrogens with zero attached hydrogens (tertiary/aromatic N) is 2. The van der Waals surface area contributed by atoms with Crippen LogP contribution in [-0.4, -0.2) is 45.9 Å². The normalized spacial score (nSPS) is 16.3. The highest BCUT2D eigenvalue weighted by molar-refractivity contribution is 6.74. The Balaban J connectivity index is 2.08. The first-order valence-electron chi connectivity index (χ1n) is 15.9. The van der Waals surface area contributed by atoms with Crippen molar-refractivity contribution in [2.75, 3.05) is 0 Å². The van der Waals surface area contributed by atoms with Gasteiger partial charge < -0.3 is 19.2 Å². The number of carbonyl (C=O) groups excluding carboxylic acids is 1. The van der Waals surface area contributed by atoms with Crippen LogP contribution in [0.25, 0.3) is 11.0 Å². The molecule has 0 bridgehead atoms. The summed E-state index contributed by atoms with van der Waals surface area (Å²) < 4.78 is 8.99. The Morgan fingerprint density at radius 3 is 2.33 bits per heavy atom. The van der Waals surface area contributed by atoms with Gasteiger partial charge in [-0.15, -0.1) is 0 Å². The summed E-state index contributed by atoms with van der Waals surface area (Å²) in [6, 6.07) is 5.98. The number of carboxylic acids is 1. The van der Waals surface area contributed by atoms with Crippen LogP contribution in [0.3, 0.4) is 0 Å². The van der Waals surface area contributed by atoms with Crippen LogP contribution in [0, 0.1) is 24.2 Å². The van der Waals surface area contributed by atoms with E-state index < -0.39 is 25.8 Å². The monoisotopic (exact) mass is 614 g/mol. The van der Waals surface area contributed by atoms with E-state index in [4.69, 9.17) is 4.43 Å². The molecule has 0 aliphatic carbocycles. The van der Waals surface area contributed by atoms with Gasteiger partial charge in [0, 0.05) is 24.8 Å². The van der Waals surface area contributed by atoms with Gasteiger partial charge in [0.25, 0.3) is 0 Å². The number of aliphatic hydroxyl groups is 1. The number of aromatic nitrogens is 2. The number of aliphatic carboxylic acids is 1. The molecular formula is C35H58N2O5Si. The fourth-order valence-electron chi connectivity index (χ4n) is 5.50. The number of carbonyl (C=O) groups is 2. The average molecular weight is 615 g/mol. The molecule has 2 rings (SSSR count). The highest BCUT2D eigenvalue weighted by Gasteiger charge is 2.44. The molecule has 2 N–H and O–H groups in total. The summed E-state index contributed by atoms with van der Waals surface area (Å²) in [6.45, 7) is 23.1. The van der Waals surface area contributed by atoms with Gasteiger partial charge in [0.15, 0.2) is 8.32 Å². The fraction of sp³-hybridized carbons (Fsp3) is 0.686. The third-order valence-corrected chi connectivity index (χ3v) is 14.2. The van der Waals surface area contributed by atoms with E-state index in [9.17, 15) is 19.8 Å². The van der Waals surface area contributed by atoms with Crippen LogP contribution in [0.5, 0.6) is 0 Å². The molecule has 0 amide bonds. The average Bonchev–Trinajstić information content (AvgIpc) is 3.19. The van der Waals surface area contributed by atoms with Gasteiger partial charge in [0.05, 0.1) is 23.2 Å². The van der Waals surface area contributed by atoms with Crippen molar-refractivity contribution in [3.8, 4) is 0 Å². The zero-order valence-corrected chi connectivity index (χ0v) is 29.9. The molecule has 4 atom stereocenters. The minimum absolute atomic E-state index is 0.00660. The molecule has 0 aliphatic heterocycles. The van der Waals surface area contributed by atoms with Crippen molar-refractivity contribution in [3.05, 3.63) is 41.2 Å². The number of benzene rings is 1. The summed E-state index contributed by atoms with van der Waals surface area (Å²) in [5.41, 5.74) is 3.34. The lowest BCUT2D eigenvalue weighted by Gasteiger charge is -2.43. The standard InChI is InChI=1S/C35H58N2O5Si/c1-23(16-19-30(38)27-17-18-29-28(22-27)36-26(4)37(29)10)14-13-15-24(2)32(42-43(11,12)34(5,6)7)25(3)33(41)35(8,9)21-20-31(39)40/h16-18,22,24-25,30,32,38H,13-15,19-21H2,1-12H3,(H,39,40)/t24-,25+,30-,32-/m0/s1. The number of ketones is 1. The SMILES string of the molecule is CC(=CC[C@H](O)c1ccc2c(c1)nc(C)n2C)CCC[C@H](C)[C@H](O[Si](C)(C)C(C)(C)C)[C@@H](C)C(=O)C(C)(C)CCC(=O)O. The number of carboxylic acid groups (broad SMARTS) is 1. The summed E-state index contributed by atoms with van der Waals surface area (Å²) in [4.78, 5) is 29.5. The topological polar surface area (TPSA) is 102 Å². The summed E-state index contributed by atoms with van der Waals surface area (Å²) in [5, 5.41) is 20.1. The highest BCUT2D eigenvalue weighted by Crippen LogP contribution is 2.41. The molecule has 1 aromatic heterocycles. The van der Waals surface area contributed by atoms with Gasteiger partial charge in [-0.1, -0.05) is 66.2 Å². The van der Waals surface area contributed by atoms with Crippen molar-refractivity contribution >= 4 is 31.1 Å². The van der Waals surface area contributed by atoms with Gasteiger partial charge in [0.1, 0.15) is 11.6 Å². The molecule has 7 nitrogen and oxygen atoms in total. The second-order valence-corrected chi connectivity index (χ2v) is 19.7. The van der Waals surface area contributed by atoms with Crippen LogP contribution in [-0.2, 0) is 21.1 Å². The van der Waals surface area contributed by atoms with Crippen molar-refractivity contribution in [2.24, 2.45) is 24.3 Å². The third-order valence-electron chi connectivity index (χ3n) is 9.77. The molecular weight excluding hydrogens is 556 g/mol. The first-order valence-corrected chi connectivity index (χ1v) is 18.8. The summed E-state index contributed by atoms with van der Waals surface area (Å²) in [5.74, 6) is -0.0239. The van der Waals surface area contributed by atoms with E-state index in [-0.39, 0.29) is 35.2 Å². The molecule has 0 radical (unpaired) electrons. The highest BCUT2D eigenvalue weighted by atomic mass is 28.4. The molecule has 1 aromatic carbocycles. The predicted octanol–water partition coefficient (Wildman–Crippen LogP) is 8.54. The molecule has 0 saturated carbocycles. The van der Waals surface area contributed by atoms with Crippen molar-refractivity contribution in [1.29, 1.82) is 0 Å². The summed E-state index contributed by atoms with van der Waals surface area (Å²) >= 11 is 0. The number of hydrogen-bond acceptors (Lipinski definition) is 5. The van der Waals surface area contributed by atoms with Crippen LogP contribution in [0.15, 0.2) is 29.8 Å². The van der Waals surface area contributed by atoms with E-state index in [1.54, 1.807) is 0 Å². The zero-order chi connectivity index (χ0) is 32.9. The van der Waals surface area contributed by atoms with Gasteiger partial charge in [-0.2, -0.15) is 0 Å². The first kappa shape index (κ1) is 36.9. The maximum Gasteiger partial charge on any atom is 0.303 e. The lowest BCUT2D eigenvalue weighted by Crippen LogP contribution is -2.50.